The van der Waals surface area contributed by atoms with E-state index in [1.165, 1.54) is 0 Å². The lowest BCUT2D eigenvalue weighted by Crippen LogP contribution is -2.50. The van der Waals surface area contributed by atoms with Gasteiger partial charge < -0.3 is 15.7 Å². The Hall–Kier alpha value is -0.610. The molecular formula is C7H14N2O2. The molecule has 0 aromatic heterocycles. The highest BCUT2D eigenvalue weighted by Gasteiger charge is 2.42. The van der Waals surface area contributed by atoms with Gasteiger partial charge in [-0.1, -0.05) is 0 Å². The quantitative estimate of drug-likeness (QED) is 0.537. The lowest BCUT2D eigenvalue weighted by molar-refractivity contribution is -0.133. The molecule has 4 nitrogen and oxygen atoms in total. The number of likely N-dealkylation sites (tertiary alicyclic amines) is 1. The number of rotatable bonds is 2. The predicted molar refractivity (Wildman–Crippen MR) is 40.9 cm³/mol. The van der Waals surface area contributed by atoms with Crippen molar-refractivity contribution in [3.05, 3.63) is 0 Å². The summed E-state index contributed by atoms with van der Waals surface area (Å²) < 4.78 is 0. The minimum Gasteiger partial charge on any atom is -0.394 e. The number of nitrogens with two attached hydrogens (primary N) is 1. The fourth-order valence-corrected chi connectivity index (χ4v) is 1.31. The van der Waals surface area contributed by atoms with Crippen molar-refractivity contribution in [2.24, 2.45) is 5.73 Å². The first kappa shape index (κ1) is 8.49. The number of aliphatic hydroxyl groups is 1. The molecule has 1 unspecified atom stereocenters. The van der Waals surface area contributed by atoms with E-state index in [1.54, 1.807) is 4.90 Å². The maximum atomic E-state index is 11.3. The molecule has 1 aliphatic heterocycles. The van der Waals surface area contributed by atoms with Gasteiger partial charge in [0.15, 0.2) is 0 Å². The average molecular weight is 158 g/mol. The first-order valence-corrected chi connectivity index (χ1v) is 3.83. The third-order valence-corrected chi connectivity index (χ3v) is 2.20. The normalized spacial score (nSPS) is 31.5. The van der Waals surface area contributed by atoms with Crippen LogP contribution in [0, 0.1) is 0 Å². The first-order valence-electron chi connectivity index (χ1n) is 3.83. The molecule has 1 rings (SSSR count). The molecular weight excluding hydrogens is 144 g/mol. The maximum Gasteiger partial charge on any atom is 0.245 e. The highest BCUT2D eigenvalue weighted by molar-refractivity contribution is 5.88. The summed E-state index contributed by atoms with van der Waals surface area (Å²) in [5.74, 6) is -0.123. The molecule has 1 amide bonds. The number of hydrogen-bond donors (Lipinski definition) is 2. The molecule has 11 heavy (non-hydrogen) atoms. The van der Waals surface area contributed by atoms with E-state index in [0.717, 1.165) is 0 Å². The Kier molecular flexibility index (Phi) is 2.15. The van der Waals surface area contributed by atoms with Crippen molar-refractivity contribution < 1.29 is 9.90 Å². The van der Waals surface area contributed by atoms with Crippen molar-refractivity contribution in [2.45, 2.75) is 18.9 Å². The van der Waals surface area contributed by atoms with Gasteiger partial charge in [0, 0.05) is 13.1 Å². The van der Waals surface area contributed by atoms with Crippen LogP contribution in [0.3, 0.4) is 0 Å². The Morgan fingerprint density at radius 1 is 1.82 bits per heavy atom. The molecule has 0 radical (unpaired) electrons. The Morgan fingerprint density at radius 2 is 2.45 bits per heavy atom. The topological polar surface area (TPSA) is 66.6 Å². The Labute approximate surface area is 66.0 Å². The summed E-state index contributed by atoms with van der Waals surface area (Å²) in [5.41, 5.74) is 4.64. The fourth-order valence-electron chi connectivity index (χ4n) is 1.31. The van der Waals surface area contributed by atoms with Crippen molar-refractivity contribution in [3.8, 4) is 0 Å². The lowest BCUT2D eigenvalue weighted by atomic mass is 10.0. The molecule has 0 spiro atoms. The van der Waals surface area contributed by atoms with Crippen LogP contribution in [0.1, 0.15) is 13.3 Å². The van der Waals surface area contributed by atoms with E-state index in [1.807, 2.05) is 6.92 Å². The van der Waals surface area contributed by atoms with Crippen LogP contribution >= 0.6 is 0 Å². The molecule has 0 saturated carbocycles. The van der Waals surface area contributed by atoms with Gasteiger partial charge in [-0.3, -0.25) is 4.79 Å². The molecule has 1 atom stereocenters. The number of hydrogen-bond acceptors (Lipinski definition) is 3. The summed E-state index contributed by atoms with van der Waals surface area (Å²) in [4.78, 5) is 13.0. The highest BCUT2D eigenvalue weighted by atomic mass is 16.3. The van der Waals surface area contributed by atoms with Crippen molar-refractivity contribution in [1.82, 2.24) is 4.90 Å². The molecule has 3 N–H and O–H groups in total. The second-order valence-corrected chi connectivity index (χ2v) is 2.95. The van der Waals surface area contributed by atoms with Crippen LogP contribution in [0.25, 0.3) is 0 Å². The van der Waals surface area contributed by atoms with Crippen molar-refractivity contribution in [2.75, 3.05) is 19.7 Å². The van der Waals surface area contributed by atoms with E-state index in [4.69, 9.17) is 10.8 Å². The Bertz CT molecular complexity index is 172. The van der Waals surface area contributed by atoms with Gasteiger partial charge in [-0.2, -0.15) is 0 Å². The van der Waals surface area contributed by atoms with Gasteiger partial charge in [0.2, 0.25) is 5.91 Å². The second-order valence-electron chi connectivity index (χ2n) is 2.95. The van der Waals surface area contributed by atoms with Gasteiger partial charge in [-0.25, -0.2) is 0 Å². The third-order valence-electron chi connectivity index (χ3n) is 2.20. The van der Waals surface area contributed by atoms with Gasteiger partial charge >= 0.3 is 0 Å². The summed E-state index contributed by atoms with van der Waals surface area (Å²) in [6.45, 7) is 3.01. The molecule has 4 heteroatoms. The van der Waals surface area contributed by atoms with E-state index in [9.17, 15) is 4.79 Å². The van der Waals surface area contributed by atoms with Crippen LogP contribution in [0.2, 0.25) is 0 Å². The molecule has 1 saturated heterocycles. The van der Waals surface area contributed by atoms with Gasteiger partial charge in [0.1, 0.15) is 5.54 Å². The fraction of sp³-hybridized carbons (Fsp3) is 0.857. The third kappa shape index (κ3) is 1.23. The first-order chi connectivity index (χ1) is 5.14. The number of aliphatic hydroxyl groups excluding tert-OH is 1. The highest BCUT2D eigenvalue weighted by Crippen LogP contribution is 2.18. The van der Waals surface area contributed by atoms with Crippen LogP contribution < -0.4 is 5.73 Å². The predicted octanol–water partition coefficient (Wildman–Crippen LogP) is -1.07. The minimum absolute atomic E-state index is 0.123. The zero-order valence-electron chi connectivity index (χ0n) is 6.71. The summed E-state index contributed by atoms with van der Waals surface area (Å²) in [6.07, 6.45) is 0.566. The molecule has 0 aromatic carbocycles. The lowest BCUT2D eigenvalue weighted by Gasteiger charge is -2.19. The van der Waals surface area contributed by atoms with E-state index < -0.39 is 5.54 Å². The summed E-state index contributed by atoms with van der Waals surface area (Å²) in [7, 11) is 0. The van der Waals surface area contributed by atoms with Gasteiger partial charge in [-0.05, 0) is 13.3 Å². The Balaban J connectivity index is 2.69. The number of carbonyl (C=O) groups is 1. The largest absolute Gasteiger partial charge is 0.394 e. The molecule has 1 fully saturated rings. The number of amides is 1. The summed E-state index contributed by atoms with van der Waals surface area (Å²) in [5, 5.41) is 8.84. The van der Waals surface area contributed by atoms with Crippen LogP contribution in [0.15, 0.2) is 0 Å². The van der Waals surface area contributed by atoms with Crippen LogP contribution in [0.4, 0.5) is 0 Å². The minimum atomic E-state index is -0.990. The van der Waals surface area contributed by atoms with Crippen molar-refractivity contribution in [3.63, 3.8) is 0 Å². The van der Waals surface area contributed by atoms with Crippen LogP contribution in [0.5, 0.6) is 0 Å². The second kappa shape index (κ2) is 2.79. The van der Waals surface area contributed by atoms with Gasteiger partial charge in [0.25, 0.3) is 0 Å². The SMILES string of the molecule is CCN1CCC(N)(CO)C1=O. The van der Waals surface area contributed by atoms with Crippen molar-refractivity contribution in [1.29, 1.82) is 0 Å². The van der Waals surface area contributed by atoms with Gasteiger partial charge in [0.05, 0.1) is 6.61 Å². The number of carbonyl (C=O) groups excluding carboxylic acids is 1. The van der Waals surface area contributed by atoms with E-state index >= 15 is 0 Å². The molecule has 0 bridgehead atoms. The summed E-state index contributed by atoms with van der Waals surface area (Å²) >= 11 is 0. The summed E-state index contributed by atoms with van der Waals surface area (Å²) in [6, 6.07) is 0. The molecule has 0 aliphatic carbocycles. The molecule has 1 heterocycles. The van der Waals surface area contributed by atoms with E-state index in [-0.39, 0.29) is 12.5 Å². The van der Waals surface area contributed by atoms with Crippen molar-refractivity contribution >= 4 is 5.91 Å². The maximum absolute atomic E-state index is 11.3. The average Bonchev–Trinajstić information content (AvgIpc) is 2.31. The smallest absolute Gasteiger partial charge is 0.245 e. The standard InChI is InChI=1S/C7H14N2O2/c1-2-9-4-3-7(8,5-10)6(9)11/h10H,2-5,8H2,1H3. The van der Waals surface area contributed by atoms with Crippen LogP contribution in [-0.4, -0.2) is 41.1 Å². The zero-order chi connectivity index (χ0) is 8.48. The molecule has 64 valence electrons. The number of likely N-dealkylation sites (N-methyl/N-ethyl adjacent to an activating group) is 1. The van der Waals surface area contributed by atoms with Crippen LogP contribution in [-0.2, 0) is 4.79 Å². The van der Waals surface area contributed by atoms with Gasteiger partial charge in [-0.15, -0.1) is 0 Å². The van der Waals surface area contributed by atoms with E-state index in [2.05, 4.69) is 0 Å². The zero-order valence-corrected chi connectivity index (χ0v) is 6.71. The van der Waals surface area contributed by atoms with E-state index in [0.29, 0.717) is 19.5 Å². The monoisotopic (exact) mass is 158 g/mol. The Morgan fingerprint density at radius 3 is 2.73 bits per heavy atom. The number of nitrogens with zero attached hydrogens (tertiary/aromatic N) is 1. The molecule has 1 aliphatic rings. The molecule has 0 aromatic rings.